The molecule has 0 bridgehead atoms. The largest absolute Gasteiger partial charge is 0.397 e. The number of benzene rings is 2. The second-order valence-electron chi connectivity index (χ2n) is 4.44. The molecule has 0 saturated carbocycles. The number of carbonyl (C=O) groups excluding carboxylic acids is 1. The van der Waals surface area contributed by atoms with Gasteiger partial charge in [-0.3, -0.25) is 4.79 Å². The van der Waals surface area contributed by atoms with Gasteiger partial charge in [0.15, 0.2) is 0 Å². The third-order valence-corrected chi connectivity index (χ3v) is 4.08. The van der Waals surface area contributed by atoms with Crippen molar-refractivity contribution in [3.05, 3.63) is 53.3 Å². The van der Waals surface area contributed by atoms with Gasteiger partial charge in [0.25, 0.3) is 0 Å². The van der Waals surface area contributed by atoms with Crippen molar-refractivity contribution >= 4 is 40.6 Å². The van der Waals surface area contributed by atoms with Gasteiger partial charge in [-0.25, -0.2) is 4.39 Å². The summed E-state index contributed by atoms with van der Waals surface area (Å²) in [6, 6.07) is 11.0. The molecule has 2 aromatic carbocycles. The molecule has 110 valence electrons. The summed E-state index contributed by atoms with van der Waals surface area (Å²) in [5, 5.41) is 2.85. The van der Waals surface area contributed by atoms with Gasteiger partial charge in [0, 0.05) is 9.92 Å². The summed E-state index contributed by atoms with van der Waals surface area (Å²) in [5.41, 5.74) is 6.70. The molecular weight excluding hydrogens is 311 g/mol. The number of carbonyl (C=O) groups is 1. The Balaban J connectivity index is 2.02. The van der Waals surface area contributed by atoms with E-state index < -0.39 is 0 Å². The minimum Gasteiger partial charge on any atom is -0.397 e. The topological polar surface area (TPSA) is 55.1 Å². The summed E-state index contributed by atoms with van der Waals surface area (Å²) in [7, 11) is 0. The van der Waals surface area contributed by atoms with E-state index >= 15 is 0 Å². The third-order valence-electron chi connectivity index (χ3n) is 2.75. The van der Waals surface area contributed by atoms with Gasteiger partial charge >= 0.3 is 0 Å². The van der Waals surface area contributed by atoms with Crippen LogP contribution in [0.3, 0.4) is 0 Å². The number of nitrogens with one attached hydrogen (secondary N) is 1. The van der Waals surface area contributed by atoms with Crippen LogP contribution in [-0.2, 0) is 4.79 Å². The van der Waals surface area contributed by atoms with Crippen LogP contribution in [0, 0.1) is 5.82 Å². The van der Waals surface area contributed by atoms with Crippen molar-refractivity contribution in [1.82, 2.24) is 0 Å². The number of amides is 1. The van der Waals surface area contributed by atoms with Gasteiger partial charge in [0.05, 0.1) is 16.6 Å². The Kier molecular flexibility index (Phi) is 5.09. The number of nitrogen functional groups attached to an aromatic ring is 1. The lowest BCUT2D eigenvalue weighted by Gasteiger charge is -2.13. The summed E-state index contributed by atoms with van der Waals surface area (Å²) in [4.78, 5) is 12.8. The molecule has 2 aromatic rings. The highest BCUT2D eigenvalue weighted by Crippen LogP contribution is 2.27. The molecule has 0 aliphatic heterocycles. The van der Waals surface area contributed by atoms with Gasteiger partial charge in [0.1, 0.15) is 5.82 Å². The Morgan fingerprint density at radius 2 is 2.10 bits per heavy atom. The molecule has 2 rings (SSSR count). The van der Waals surface area contributed by atoms with Crippen molar-refractivity contribution in [2.75, 3.05) is 11.1 Å². The first-order valence-electron chi connectivity index (χ1n) is 6.24. The number of hydrogen-bond acceptors (Lipinski definition) is 3. The SMILES string of the molecule is CC(Sc1cccc(F)c1)C(=O)Nc1ccc(Cl)cc1N. The fourth-order valence-corrected chi connectivity index (χ4v) is 2.77. The summed E-state index contributed by atoms with van der Waals surface area (Å²) >= 11 is 7.08. The van der Waals surface area contributed by atoms with Gasteiger partial charge in [0.2, 0.25) is 5.91 Å². The van der Waals surface area contributed by atoms with Crippen LogP contribution in [0.5, 0.6) is 0 Å². The summed E-state index contributed by atoms with van der Waals surface area (Å²) in [5.74, 6) is -0.534. The Hall–Kier alpha value is -1.72. The van der Waals surface area contributed by atoms with Crippen LogP contribution in [0.4, 0.5) is 15.8 Å². The van der Waals surface area contributed by atoms with E-state index in [1.165, 1.54) is 23.9 Å². The first kappa shape index (κ1) is 15.7. The zero-order chi connectivity index (χ0) is 15.4. The van der Waals surface area contributed by atoms with Crippen LogP contribution >= 0.6 is 23.4 Å². The lowest BCUT2D eigenvalue weighted by Crippen LogP contribution is -2.22. The number of rotatable bonds is 4. The van der Waals surface area contributed by atoms with Gasteiger partial charge in [-0.2, -0.15) is 0 Å². The predicted molar refractivity (Wildman–Crippen MR) is 86.2 cm³/mol. The van der Waals surface area contributed by atoms with E-state index in [4.69, 9.17) is 17.3 Å². The quantitative estimate of drug-likeness (QED) is 0.655. The highest BCUT2D eigenvalue weighted by molar-refractivity contribution is 8.00. The molecule has 0 aromatic heterocycles. The average molecular weight is 325 g/mol. The zero-order valence-electron chi connectivity index (χ0n) is 11.3. The number of anilines is 2. The van der Waals surface area contributed by atoms with Crippen LogP contribution < -0.4 is 11.1 Å². The molecule has 3 nitrogen and oxygen atoms in total. The molecule has 0 aliphatic carbocycles. The summed E-state index contributed by atoms with van der Waals surface area (Å²) in [6.07, 6.45) is 0. The van der Waals surface area contributed by atoms with Crippen molar-refractivity contribution < 1.29 is 9.18 Å². The van der Waals surface area contributed by atoms with Crippen molar-refractivity contribution in [3.63, 3.8) is 0 Å². The van der Waals surface area contributed by atoms with Crippen molar-refractivity contribution in [2.24, 2.45) is 0 Å². The van der Waals surface area contributed by atoms with E-state index in [1.807, 2.05) is 0 Å². The highest BCUT2D eigenvalue weighted by Gasteiger charge is 2.16. The molecule has 1 amide bonds. The molecular formula is C15H14ClFN2OS. The van der Waals surface area contributed by atoms with Gasteiger partial charge < -0.3 is 11.1 Å². The third kappa shape index (κ3) is 4.37. The smallest absolute Gasteiger partial charge is 0.237 e. The Morgan fingerprint density at radius 1 is 1.33 bits per heavy atom. The van der Waals surface area contributed by atoms with E-state index in [-0.39, 0.29) is 17.0 Å². The molecule has 0 fully saturated rings. The molecule has 0 heterocycles. The van der Waals surface area contributed by atoms with Crippen LogP contribution in [0.15, 0.2) is 47.4 Å². The molecule has 21 heavy (non-hydrogen) atoms. The van der Waals surface area contributed by atoms with E-state index in [2.05, 4.69) is 5.32 Å². The number of nitrogens with two attached hydrogens (primary N) is 1. The normalized spacial score (nSPS) is 12.0. The second-order valence-corrected chi connectivity index (χ2v) is 6.29. The minimum atomic E-state index is -0.387. The summed E-state index contributed by atoms with van der Waals surface area (Å²) < 4.78 is 13.1. The molecule has 0 radical (unpaired) electrons. The van der Waals surface area contributed by atoms with Crippen LogP contribution in [0.25, 0.3) is 0 Å². The molecule has 1 unspecified atom stereocenters. The highest BCUT2D eigenvalue weighted by atomic mass is 35.5. The summed E-state index contributed by atoms with van der Waals surface area (Å²) in [6.45, 7) is 1.75. The minimum absolute atomic E-state index is 0.210. The lowest BCUT2D eigenvalue weighted by molar-refractivity contribution is -0.115. The fourth-order valence-electron chi connectivity index (χ4n) is 1.68. The average Bonchev–Trinajstić information content (AvgIpc) is 2.41. The molecule has 6 heteroatoms. The number of hydrogen-bond donors (Lipinski definition) is 2. The van der Waals surface area contributed by atoms with E-state index in [0.717, 1.165) is 0 Å². The molecule has 0 saturated heterocycles. The predicted octanol–water partition coefficient (Wildman–Crippen LogP) is 4.18. The first-order chi connectivity index (χ1) is 9.95. The van der Waals surface area contributed by atoms with Crippen molar-refractivity contribution in [3.8, 4) is 0 Å². The van der Waals surface area contributed by atoms with Gasteiger partial charge in [-0.05, 0) is 43.3 Å². The first-order valence-corrected chi connectivity index (χ1v) is 7.49. The molecule has 3 N–H and O–H groups in total. The standard InChI is InChI=1S/C15H14ClFN2OS/c1-9(21-12-4-2-3-11(17)8-12)15(20)19-14-6-5-10(16)7-13(14)18/h2-9H,18H2,1H3,(H,19,20). The molecule has 1 atom stereocenters. The van der Waals surface area contributed by atoms with Crippen LogP contribution in [0.1, 0.15) is 6.92 Å². The van der Waals surface area contributed by atoms with Gasteiger partial charge in [-0.1, -0.05) is 17.7 Å². The van der Waals surface area contributed by atoms with Crippen LogP contribution in [0.2, 0.25) is 5.02 Å². The van der Waals surface area contributed by atoms with Crippen molar-refractivity contribution in [2.45, 2.75) is 17.1 Å². The molecule has 0 aliphatic rings. The maximum atomic E-state index is 13.1. The maximum absolute atomic E-state index is 13.1. The Morgan fingerprint density at radius 3 is 2.76 bits per heavy atom. The lowest BCUT2D eigenvalue weighted by atomic mass is 10.2. The van der Waals surface area contributed by atoms with Crippen LogP contribution in [-0.4, -0.2) is 11.2 Å². The van der Waals surface area contributed by atoms with Gasteiger partial charge in [-0.15, -0.1) is 11.8 Å². The fraction of sp³-hybridized carbons (Fsp3) is 0.133. The number of halogens is 2. The number of thioether (sulfide) groups is 1. The maximum Gasteiger partial charge on any atom is 0.237 e. The van der Waals surface area contributed by atoms with E-state index in [1.54, 1.807) is 37.3 Å². The van der Waals surface area contributed by atoms with Crippen molar-refractivity contribution in [1.29, 1.82) is 0 Å². The monoisotopic (exact) mass is 324 g/mol. The second kappa shape index (κ2) is 6.83. The van der Waals surface area contributed by atoms with E-state index in [0.29, 0.717) is 21.3 Å². The Labute approximate surface area is 131 Å². The Bertz CT molecular complexity index is 666. The van der Waals surface area contributed by atoms with E-state index in [9.17, 15) is 9.18 Å². The zero-order valence-corrected chi connectivity index (χ0v) is 12.8. The molecule has 0 spiro atoms.